The second kappa shape index (κ2) is 8.73. The van der Waals surface area contributed by atoms with E-state index < -0.39 is 0 Å². The summed E-state index contributed by atoms with van der Waals surface area (Å²) >= 11 is 0. The summed E-state index contributed by atoms with van der Waals surface area (Å²) in [7, 11) is 0. The molecule has 6 heteroatoms. The molecule has 29 heavy (non-hydrogen) atoms. The maximum absolute atomic E-state index is 12.8. The molecule has 2 aromatic heterocycles. The molecule has 4 rings (SSSR count). The molecule has 0 aliphatic carbocycles. The van der Waals surface area contributed by atoms with Gasteiger partial charge < -0.3 is 15.1 Å². The van der Waals surface area contributed by atoms with Gasteiger partial charge in [0.15, 0.2) is 0 Å². The monoisotopic (exact) mass is 387 g/mol. The second-order valence-corrected chi connectivity index (χ2v) is 7.07. The summed E-state index contributed by atoms with van der Waals surface area (Å²) in [6, 6.07) is 17.9. The van der Waals surface area contributed by atoms with Gasteiger partial charge in [-0.1, -0.05) is 25.1 Å². The Bertz CT molecular complexity index is 933. The zero-order valence-corrected chi connectivity index (χ0v) is 16.6. The topological polar surface area (TPSA) is 61.4 Å². The molecule has 0 unspecified atom stereocenters. The number of carbonyl (C=O) groups is 1. The fourth-order valence-electron chi connectivity index (χ4n) is 3.43. The number of aryl methyl sites for hydroxylation is 1. The molecule has 1 aliphatic heterocycles. The van der Waals surface area contributed by atoms with Crippen molar-refractivity contribution in [3.8, 4) is 0 Å². The molecule has 1 amide bonds. The fraction of sp³-hybridized carbons (Fsp3) is 0.261. The number of rotatable bonds is 5. The summed E-state index contributed by atoms with van der Waals surface area (Å²) in [6.07, 6.45) is 4.47. The SMILES string of the molecule is CCc1ccc(Nc2ccc(C(=O)N3CCN(c4ccccn4)CC3)cn2)cc1. The molecule has 1 saturated heterocycles. The standard InChI is InChI=1S/C23H25N5O/c1-2-18-6-9-20(10-7-18)26-21-11-8-19(17-25-21)23(29)28-15-13-27(14-16-28)22-5-3-4-12-24-22/h3-12,17H,2,13-16H2,1H3,(H,25,26). The van der Waals surface area contributed by atoms with Crippen LogP contribution < -0.4 is 10.2 Å². The highest BCUT2D eigenvalue weighted by Gasteiger charge is 2.22. The van der Waals surface area contributed by atoms with Crippen LogP contribution in [0, 0.1) is 0 Å². The number of hydrogen-bond acceptors (Lipinski definition) is 5. The summed E-state index contributed by atoms with van der Waals surface area (Å²) in [4.78, 5) is 25.7. The Balaban J connectivity index is 1.34. The number of nitrogens with zero attached hydrogens (tertiary/aromatic N) is 4. The molecule has 1 aliphatic rings. The van der Waals surface area contributed by atoms with Gasteiger partial charge in [-0.3, -0.25) is 4.79 Å². The first-order valence-corrected chi connectivity index (χ1v) is 10.00. The van der Waals surface area contributed by atoms with Crippen molar-refractivity contribution in [1.29, 1.82) is 0 Å². The average Bonchev–Trinajstić information content (AvgIpc) is 2.80. The normalized spacial score (nSPS) is 14.0. The van der Waals surface area contributed by atoms with Gasteiger partial charge in [-0.25, -0.2) is 9.97 Å². The van der Waals surface area contributed by atoms with Crippen molar-refractivity contribution in [2.75, 3.05) is 36.4 Å². The number of benzene rings is 1. The van der Waals surface area contributed by atoms with Gasteiger partial charge >= 0.3 is 0 Å². The average molecular weight is 387 g/mol. The lowest BCUT2D eigenvalue weighted by Crippen LogP contribution is -2.49. The van der Waals surface area contributed by atoms with Crippen LogP contribution >= 0.6 is 0 Å². The second-order valence-electron chi connectivity index (χ2n) is 7.07. The van der Waals surface area contributed by atoms with Crippen LogP contribution in [0.1, 0.15) is 22.8 Å². The van der Waals surface area contributed by atoms with E-state index in [0.29, 0.717) is 18.7 Å². The van der Waals surface area contributed by atoms with E-state index >= 15 is 0 Å². The lowest BCUT2D eigenvalue weighted by molar-refractivity contribution is 0.0746. The molecule has 1 aromatic carbocycles. The van der Waals surface area contributed by atoms with Gasteiger partial charge in [0.2, 0.25) is 0 Å². The maximum Gasteiger partial charge on any atom is 0.255 e. The van der Waals surface area contributed by atoms with E-state index in [1.807, 2.05) is 47.4 Å². The molecule has 0 spiro atoms. The van der Waals surface area contributed by atoms with Gasteiger partial charge in [0.25, 0.3) is 5.91 Å². The van der Waals surface area contributed by atoms with Gasteiger partial charge in [0.05, 0.1) is 5.56 Å². The molecule has 6 nitrogen and oxygen atoms in total. The number of hydrogen-bond donors (Lipinski definition) is 1. The predicted molar refractivity (Wildman–Crippen MR) is 116 cm³/mol. The van der Waals surface area contributed by atoms with Crippen LogP contribution in [0.4, 0.5) is 17.3 Å². The minimum absolute atomic E-state index is 0.0250. The first-order valence-electron chi connectivity index (χ1n) is 10.00. The number of anilines is 3. The van der Waals surface area contributed by atoms with Crippen LogP contribution in [0.5, 0.6) is 0 Å². The number of pyridine rings is 2. The molecular formula is C23H25N5O. The Morgan fingerprint density at radius 3 is 2.38 bits per heavy atom. The van der Waals surface area contributed by atoms with E-state index in [2.05, 4.69) is 39.2 Å². The highest BCUT2D eigenvalue weighted by atomic mass is 16.2. The van der Waals surface area contributed by atoms with E-state index in [-0.39, 0.29) is 5.91 Å². The zero-order valence-electron chi connectivity index (χ0n) is 16.6. The predicted octanol–water partition coefficient (Wildman–Crippen LogP) is 3.75. The Labute approximate surface area is 171 Å². The smallest absolute Gasteiger partial charge is 0.255 e. The summed E-state index contributed by atoms with van der Waals surface area (Å²) < 4.78 is 0. The van der Waals surface area contributed by atoms with Gasteiger partial charge in [0, 0.05) is 44.3 Å². The first-order chi connectivity index (χ1) is 14.2. The molecular weight excluding hydrogens is 362 g/mol. The molecule has 1 fully saturated rings. The highest BCUT2D eigenvalue weighted by molar-refractivity contribution is 5.94. The molecule has 0 radical (unpaired) electrons. The summed E-state index contributed by atoms with van der Waals surface area (Å²) in [6.45, 7) is 5.06. The first kappa shape index (κ1) is 18.9. The largest absolute Gasteiger partial charge is 0.353 e. The van der Waals surface area contributed by atoms with Gasteiger partial charge in [-0.15, -0.1) is 0 Å². The lowest BCUT2D eigenvalue weighted by atomic mass is 10.1. The number of piperazine rings is 1. The minimum Gasteiger partial charge on any atom is -0.353 e. The maximum atomic E-state index is 12.8. The molecule has 148 valence electrons. The van der Waals surface area contributed by atoms with E-state index in [1.165, 1.54) is 5.56 Å². The Morgan fingerprint density at radius 2 is 1.76 bits per heavy atom. The molecule has 1 N–H and O–H groups in total. The van der Waals surface area contributed by atoms with Crippen molar-refractivity contribution in [1.82, 2.24) is 14.9 Å². The quantitative estimate of drug-likeness (QED) is 0.723. The number of nitrogens with one attached hydrogen (secondary N) is 1. The zero-order chi connectivity index (χ0) is 20.1. The van der Waals surface area contributed by atoms with E-state index in [4.69, 9.17) is 0 Å². The Kier molecular flexibility index (Phi) is 5.70. The Hall–Kier alpha value is -3.41. The summed E-state index contributed by atoms with van der Waals surface area (Å²) in [5.41, 5.74) is 2.90. The molecule has 3 heterocycles. The minimum atomic E-state index is 0.0250. The highest BCUT2D eigenvalue weighted by Crippen LogP contribution is 2.18. The van der Waals surface area contributed by atoms with Crippen LogP contribution in [-0.4, -0.2) is 47.0 Å². The molecule has 0 saturated carbocycles. The number of amides is 1. The van der Waals surface area contributed by atoms with E-state index in [1.54, 1.807) is 12.4 Å². The van der Waals surface area contributed by atoms with Crippen molar-refractivity contribution in [2.45, 2.75) is 13.3 Å². The number of carbonyl (C=O) groups excluding carboxylic acids is 1. The fourth-order valence-corrected chi connectivity index (χ4v) is 3.43. The summed E-state index contributed by atoms with van der Waals surface area (Å²) in [5, 5.41) is 3.28. The molecule has 0 bridgehead atoms. The van der Waals surface area contributed by atoms with Crippen molar-refractivity contribution in [2.24, 2.45) is 0 Å². The third-order valence-electron chi connectivity index (χ3n) is 5.19. The van der Waals surface area contributed by atoms with Crippen molar-refractivity contribution in [3.63, 3.8) is 0 Å². The third-order valence-corrected chi connectivity index (χ3v) is 5.19. The van der Waals surface area contributed by atoms with Crippen LogP contribution in [0.15, 0.2) is 67.0 Å². The van der Waals surface area contributed by atoms with Crippen molar-refractivity contribution in [3.05, 3.63) is 78.1 Å². The van der Waals surface area contributed by atoms with Gasteiger partial charge in [0.1, 0.15) is 11.6 Å². The molecule has 0 atom stereocenters. The van der Waals surface area contributed by atoms with E-state index in [0.717, 1.165) is 36.8 Å². The van der Waals surface area contributed by atoms with Crippen molar-refractivity contribution < 1.29 is 4.79 Å². The van der Waals surface area contributed by atoms with Gasteiger partial charge in [-0.05, 0) is 48.4 Å². The summed E-state index contributed by atoms with van der Waals surface area (Å²) in [5.74, 6) is 1.71. The lowest BCUT2D eigenvalue weighted by Gasteiger charge is -2.35. The van der Waals surface area contributed by atoms with Crippen LogP contribution in [0.3, 0.4) is 0 Å². The van der Waals surface area contributed by atoms with Crippen LogP contribution in [0.25, 0.3) is 0 Å². The van der Waals surface area contributed by atoms with Crippen LogP contribution in [-0.2, 0) is 6.42 Å². The van der Waals surface area contributed by atoms with Crippen LogP contribution in [0.2, 0.25) is 0 Å². The number of aromatic nitrogens is 2. The molecule has 3 aromatic rings. The van der Waals surface area contributed by atoms with Crippen molar-refractivity contribution >= 4 is 23.2 Å². The van der Waals surface area contributed by atoms with E-state index in [9.17, 15) is 4.79 Å². The third kappa shape index (κ3) is 4.54. The Morgan fingerprint density at radius 1 is 0.966 bits per heavy atom. The van der Waals surface area contributed by atoms with Gasteiger partial charge in [-0.2, -0.15) is 0 Å².